The highest BCUT2D eigenvalue weighted by atomic mass is 35.5. The molecule has 0 aromatic heterocycles. The molecule has 12 heteroatoms. The second-order valence-corrected chi connectivity index (χ2v) is 20.4. The van der Waals surface area contributed by atoms with E-state index in [0.29, 0.717) is 37.7 Å². The Kier molecular flexibility index (Phi) is 22.1. The lowest BCUT2D eigenvalue weighted by atomic mass is 9.84. The van der Waals surface area contributed by atoms with Crippen LogP contribution in [0.25, 0.3) is 43.1 Å². The van der Waals surface area contributed by atoms with Crippen LogP contribution in [0.4, 0.5) is 0 Å². The first-order valence-electron chi connectivity index (χ1n) is 25.5. The van der Waals surface area contributed by atoms with Crippen LogP contribution in [-0.4, -0.2) is 49.4 Å². The van der Waals surface area contributed by atoms with E-state index in [1.807, 2.05) is 0 Å². The van der Waals surface area contributed by atoms with Gasteiger partial charge in [0.15, 0.2) is 6.29 Å². The number of carbonyl (C=O) groups is 3. The van der Waals surface area contributed by atoms with E-state index in [9.17, 15) is 19.5 Å². The molecule has 0 aliphatic carbocycles. The molecule has 0 spiro atoms. The zero-order valence-electron chi connectivity index (χ0n) is 41.7. The first-order chi connectivity index (χ1) is 32.7. The minimum absolute atomic E-state index is 0.0664. The lowest BCUT2D eigenvalue weighted by Crippen LogP contribution is -2.17. The van der Waals surface area contributed by atoms with E-state index in [4.69, 9.17) is 65.4 Å². The minimum atomic E-state index is -1.50. The Hall–Kier alpha value is -3.11. The normalized spacial score (nSPS) is 14.2. The maximum atomic E-state index is 14.5. The van der Waals surface area contributed by atoms with Crippen molar-refractivity contribution in [1.29, 1.82) is 0 Å². The first-order valence-corrected chi connectivity index (χ1v) is 27.0. The number of benzene rings is 5. The molecule has 5 unspecified atom stereocenters. The van der Waals surface area contributed by atoms with Gasteiger partial charge < -0.3 is 24.1 Å². The van der Waals surface area contributed by atoms with E-state index >= 15 is 0 Å². The molecule has 0 saturated heterocycles. The fourth-order valence-electron chi connectivity index (χ4n) is 9.55. The number of hydrogen-bond donors (Lipinski definition) is 1. The van der Waals surface area contributed by atoms with Crippen molar-refractivity contribution in [2.75, 3.05) is 26.4 Å². The molecule has 0 amide bonds. The number of halogens is 4. The third-order valence-corrected chi connectivity index (χ3v) is 15.3. The van der Waals surface area contributed by atoms with Gasteiger partial charge in [0.25, 0.3) is 0 Å². The summed E-state index contributed by atoms with van der Waals surface area (Å²) >= 11 is 29.6. The second kappa shape index (κ2) is 26.9. The molecule has 68 heavy (non-hydrogen) atoms. The van der Waals surface area contributed by atoms with Gasteiger partial charge >= 0.3 is 17.9 Å². The highest BCUT2D eigenvalue weighted by molar-refractivity contribution is 6.54. The van der Waals surface area contributed by atoms with Crippen molar-refractivity contribution in [2.24, 2.45) is 23.7 Å². The van der Waals surface area contributed by atoms with Gasteiger partial charge in [-0.2, -0.15) is 0 Å². The maximum absolute atomic E-state index is 14.5. The van der Waals surface area contributed by atoms with E-state index in [-0.39, 0.29) is 97.8 Å². The Bertz CT molecular complexity index is 2390. The van der Waals surface area contributed by atoms with E-state index in [2.05, 4.69) is 55.4 Å². The Morgan fingerprint density at radius 2 is 0.721 bits per heavy atom. The Morgan fingerprint density at radius 3 is 1.04 bits per heavy atom. The fraction of sp³-hybridized carbons (Fsp3) is 0.589. The van der Waals surface area contributed by atoms with Crippen LogP contribution in [0.5, 0.6) is 0 Å². The number of carbonyl (C=O) groups excluding carboxylic acids is 3. The summed E-state index contributed by atoms with van der Waals surface area (Å²) in [6.45, 7) is 17.7. The largest absolute Gasteiger partial charge is 0.462 e. The maximum Gasteiger partial charge on any atom is 0.338 e. The predicted octanol–water partition coefficient (Wildman–Crippen LogP) is 17.7. The summed E-state index contributed by atoms with van der Waals surface area (Å²) in [6.07, 6.45) is 13.6. The topological polar surface area (TPSA) is 108 Å². The molecule has 0 aliphatic heterocycles. The minimum Gasteiger partial charge on any atom is -0.462 e. The molecule has 5 aromatic carbocycles. The van der Waals surface area contributed by atoms with E-state index in [1.54, 1.807) is 6.07 Å². The van der Waals surface area contributed by atoms with Crippen LogP contribution in [-0.2, 0) is 18.9 Å². The Balaban J connectivity index is 1.87. The number of fused-ring (bicyclic) bond motifs is 2. The molecule has 0 saturated carbocycles. The van der Waals surface area contributed by atoms with Gasteiger partial charge in [-0.25, -0.2) is 14.4 Å². The predicted molar refractivity (Wildman–Crippen MR) is 283 cm³/mol. The molecule has 5 atom stereocenters. The molecule has 0 radical (unpaired) electrons. The molecule has 0 fully saturated rings. The van der Waals surface area contributed by atoms with E-state index in [0.717, 1.165) is 103 Å². The van der Waals surface area contributed by atoms with E-state index < -0.39 is 24.2 Å². The number of aliphatic hydroxyl groups is 1. The van der Waals surface area contributed by atoms with Crippen molar-refractivity contribution in [2.45, 2.75) is 164 Å². The lowest BCUT2D eigenvalue weighted by Gasteiger charge is -2.25. The Morgan fingerprint density at radius 1 is 0.426 bits per heavy atom. The van der Waals surface area contributed by atoms with Crippen LogP contribution < -0.4 is 0 Å². The standard InChI is InChI=1S/C56H74Cl4O8/c1-9-17-21-33(13-5)29-65-53(61)37-25-41(57)47-49-43(59)27-39(55(63)67-31-35(15-7)23-19-11-3)46-40(56(64)68-32-36(16-8)24-20-12-4)28-44(60)50(52(46)49)48-42(58)26-38(45(37)51(47)48)54(62)66-30-34(14-6)22-18-10-2/h25-28,33-36,53,61H,9-24,29-32H2,1-8H3. The van der Waals surface area contributed by atoms with E-state index in [1.165, 1.54) is 18.2 Å². The summed E-state index contributed by atoms with van der Waals surface area (Å²) in [5.74, 6) is -1.28. The van der Waals surface area contributed by atoms with Crippen molar-refractivity contribution in [3.63, 3.8) is 0 Å². The lowest BCUT2D eigenvalue weighted by molar-refractivity contribution is -0.113. The molecule has 1 N–H and O–H groups in total. The summed E-state index contributed by atoms with van der Waals surface area (Å²) in [4.78, 5) is 43.5. The van der Waals surface area contributed by atoms with Crippen LogP contribution in [0.3, 0.4) is 0 Å². The molecule has 0 aliphatic rings. The van der Waals surface area contributed by atoms with Gasteiger partial charge in [0.1, 0.15) is 0 Å². The second-order valence-electron chi connectivity index (χ2n) is 18.8. The van der Waals surface area contributed by atoms with Crippen molar-refractivity contribution < 1.29 is 38.4 Å². The van der Waals surface area contributed by atoms with Crippen LogP contribution >= 0.6 is 46.4 Å². The number of aliphatic hydroxyl groups excluding tert-OH is 1. The quantitative estimate of drug-likeness (QED) is 0.0166. The monoisotopic (exact) mass is 1010 g/mol. The zero-order valence-corrected chi connectivity index (χ0v) is 44.7. The molecule has 0 bridgehead atoms. The summed E-state index contributed by atoms with van der Waals surface area (Å²) in [5, 5.41) is 15.4. The van der Waals surface area contributed by atoms with Gasteiger partial charge in [-0.3, -0.25) is 0 Å². The highest BCUT2D eigenvalue weighted by Gasteiger charge is 2.33. The summed E-state index contributed by atoms with van der Waals surface area (Å²) in [5.41, 5.74) is 0.492. The number of hydrogen-bond acceptors (Lipinski definition) is 8. The molecule has 374 valence electrons. The molecular formula is C56H74Cl4O8. The van der Waals surface area contributed by atoms with Crippen molar-refractivity contribution in [3.8, 4) is 0 Å². The van der Waals surface area contributed by atoms with Crippen molar-refractivity contribution in [3.05, 3.63) is 66.6 Å². The number of ether oxygens (including phenoxy) is 4. The molecule has 0 heterocycles. The van der Waals surface area contributed by atoms with Crippen molar-refractivity contribution in [1.82, 2.24) is 0 Å². The third kappa shape index (κ3) is 12.9. The summed E-state index contributed by atoms with van der Waals surface area (Å²) in [6, 6.07) is 6.16. The van der Waals surface area contributed by atoms with Gasteiger partial charge in [-0.1, -0.05) is 179 Å². The van der Waals surface area contributed by atoms with Gasteiger partial charge in [-0.15, -0.1) is 0 Å². The average molecular weight is 1020 g/mol. The molecular weight excluding hydrogens is 942 g/mol. The zero-order chi connectivity index (χ0) is 49.7. The van der Waals surface area contributed by atoms with Crippen LogP contribution in [0, 0.1) is 23.7 Å². The molecule has 8 nitrogen and oxygen atoms in total. The number of unbranched alkanes of at least 4 members (excludes halogenated alkanes) is 4. The highest BCUT2D eigenvalue weighted by Crippen LogP contribution is 2.53. The van der Waals surface area contributed by atoms with Gasteiger partial charge in [0.05, 0.1) is 43.1 Å². The van der Waals surface area contributed by atoms with Gasteiger partial charge in [0, 0.05) is 68.7 Å². The third-order valence-electron chi connectivity index (χ3n) is 14.1. The Labute approximate surface area is 424 Å². The average Bonchev–Trinajstić information content (AvgIpc) is 3.33. The van der Waals surface area contributed by atoms with Gasteiger partial charge in [0.2, 0.25) is 0 Å². The smallest absolute Gasteiger partial charge is 0.338 e. The van der Waals surface area contributed by atoms with Crippen LogP contribution in [0.1, 0.15) is 201 Å². The number of esters is 3. The molecule has 5 rings (SSSR count). The SMILES string of the molecule is CCCCC(CC)COC(=O)c1cc(Cl)c2c3c(Cl)cc(C(=O)OCC(CC)CCCC)c4c(C(O)OCC(CC)CCCC)cc(Cl)c(c5c(Cl)cc(C(=O)OCC(CC)CCCC)c1c25)c43. The first kappa shape index (κ1) is 55.8. The van der Waals surface area contributed by atoms with Gasteiger partial charge in [-0.05, 0) is 73.6 Å². The summed E-state index contributed by atoms with van der Waals surface area (Å²) < 4.78 is 24.5. The van der Waals surface area contributed by atoms with Crippen LogP contribution in [0.15, 0.2) is 24.3 Å². The van der Waals surface area contributed by atoms with Crippen molar-refractivity contribution >= 4 is 107 Å². The fourth-order valence-corrected chi connectivity index (χ4v) is 10.8. The molecule has 5 aromatic rings. The summed E-state index contributed by atoms with van der Waals surface area (Å²) in [7, 11) is 0. The number of rotatable bonds is 29. The van der Waals surface area contributed by atoms with Crippen LogP contribution in [0.2, 0.25) is 20.1 Å².